The molecule has 1 unspecified atom stereocenters. The molecule has 0 aliphatic carbocycles. The van der Waals surface area contributed by atoms with Gasteiger partial charge in [0.2, 0.25) is 0 Å². The molecule has 1 aliphatic heterocycles. The number of fused-ring (bicyclic) bond motifs is 1. The number of benzene rings is 2. The van der Waals surface area contributed by atoms with Gasteiger partial charge in [-0.25, -0.2) is 4.98 Å². The lowest BCUT2D eigenvalue weighted by Gasteiger charge is -2.24. The first-order valence-corrected chi connectivity index (χ1v) is 11.2. The maximum absolute atomic E-state index is 13.5. The number of thioether (sulfide) groups is 1. The van der Waals surface area contributed by atoms with E-state index in [1.54, 1.807) is 23.8 Å². The highest BCUT2D eigenvalue weighted by Crippen LogP contribution is 2.34. The zero-order valence-electron chi connectivity index (χ0n) is 15.9. The van der Waals surface area contributed by atoms with Crippen LogP contribution in [0.3, 0.4) is 0 Å². The molecule has 1 saturated heterocycles. The number of hydrogen-bond donors (Lipinski definition) is 0. The third-order valence-corrected chi connectivity index (χ3v) is 6.64. The Bertz CT molecular complexity index is 983. The van der Waals surface area contributed by atoms with E-state index in [0.717, 1.165) is 40.3 Å². The summed E-state index contributed by atoms with van der Waals surface area (Å²) in [6.07, 6.45) is 4.03. The van der Waals surface area contributed by atoms with E-state index in [9.17, 15) is 4.79 Å². The predicted molar refractivity (Wildman–Crippen MR) is 115 cm³/mol. The number of anilines is 1. The molecule has 1 fully saturated rings. The molecule has 0 saturated carbocycles. The molecule has 28 heavy (non-hydrogen) atoms. The van der Waals surface area contributed by atoms with Crippen LogP contribution in [0.1, 0.15) is 23.2 Å². The number of thiazole rings is 1. The van der Waals surface area contributed by atoms with Crippen molar-refractivity contribution < 1.29 is 14.3 Å². The average molecular weight is 415 g/mol. The molecule has 7 heteroatoms. The summed E-state index contributed by atoms with van der Waals surface area (Å²) in [6, 6.07) is 13.5. The first-order valence-electron chi connectivity index (χ1n) is 9.20. The van der Waals surface area contributed by atoms with Gasteiger partial charge in [-0.1, -0.05) is 23.5 Å². The minimum atomic E-state index is -0.0357. The maximum atomic E-state index is 13.5. The zero-order valence-corrected chi connectivity index (χ0v) is 17.5. The Labute approximate surface area is 172 Å². The van der Waals surface area contributed by atoms with Gasteiger partial charge in [-0.15, -0.1) is 11.8 Å². The molecule has 1 aromatic heterocycles. The van der Waals surface area contributed by atoms with Crippen molar-refractivity contribution in [2.75, 3.05) is 31.4 Å². The molecule has 1 aliphatic rings. The minimum Gasteiger partial charge on any atom is -0.497 e. The fourth-order valence-electron chi connectivity index (χ4n) is 3.34. The molecular weight excluding hydrogens is 392 g/mol. The maximum Gasteiger partial charge on any atom is 0.261 e. The van der Waals surface area contributed by atoms with Crippen molar-refractivity contribution in [2.45, 2.75) is 23.8 Å². The van der Waals surface area contributed by atoms with Crippen LogP contribution in [0.5, 0.6) is 5.75 Å². The minimum absolute atomic E-state index is 0.0357. The monoisotopic (exact) mass is 414 g/mol. The van der Waals surface area contributed by atoms with Crippen LogP contribution in [0, 0.1) is 0 Å². The molecule has 2 heterocycles. The first-order chi connectivity index (χ1) is 13.7. The predicted octanol–water partition coefficient (Wildman–Crippen LogP) is 4.85. The number of aromatic nitrogens is 1. The molecule has 3 aromatic rings. The molecule has 4 rings (SSSR count). The summed E-state index contributed by atoms with van der Waals surface area (Å²) < 4.78 is 12.1. The van der Waals surface area contributed by atoms with Gasteiger partial charge in [-0.2, -0.15) is 0 Å². The van der Waals surface area contributed by atoms with Crippen LogP contribution in [0.4, 0.5) is 5.13 Å². The van der Waals surface area contributed by atoms with Crippen LogP contribution >= 0.6 is 23.1 Å². The third-order valence-electron chi connectivity index (χ3n) is 4.81. The van der Waals surface area contributed by atoms with E-state index in [4.69, 9.17) is 14.5 Å². The quantitative estimate of drug-likeness (QED) is 0.540. The van der Waals surface area contributed by atoms with Crippen LogP contribution in [0.2, 0.25) is 0 Å². The second kappa shape index (κ2) is 8.51. The largest absolute Gasteiger partial charge is 0.497 e. The Balaban J connectivity index is 1.73. The summed E-state index contributed by atoms with van der Waals surface area (Å²) in [5, 5.41) is 0.694. The van der Waals surface area contributed by atoms with Crippen molar-refractivity contribution in [2.24, 2.45) is 0 Å². The van der Waals surface area contributed by atoms with Crippen molar-refractivity contribution in [3.05, 3.63) is 48.0 Å². The number of carbonyl (C=O) groups excluding carboxylic acids is 1. The Hall–Kier alpha value is -2.09. The third kappa shape index (κ3) is 3.87. The van der Waals surface area contributed by atoms with Crippen LogP contribution in [0.25, 0.3) is 10.2 Å². The Morgan fingerprint density at radius 3 is 2.96 bits per heavy atom. The van der Waals surface area contributed by atoms with Gasteiger partial charge in [0, 0.05) is 11.5 Å². The molecule has 0 N–H and O–H groups in total. The average Bonchev–Trinajstić information content (AvgIpc) is 3.40. The molecule has 0 spiro atoms. The van der Waals surface area contributed by atoms with E-state index in [2.05, 4.69) is 0 Å². The van der Waals surface area contributed by atoms with Crippen molar-refractivity contribution in [1.29, 1.82) is 0 Å². The van der Waals surface area contributed by atoms with E-state index < -0.39 is 0 Å². The van der Waals surface area contributed by atoms with Gasteiger partial charge in [0.25, 0.3) is 5.91 Å². The molecule has 2 aromatic carbocycles. The smallest absolute Gasteiger partial charge is 0.261 e. The van der Waals surface area contributed by atoms with Crippen molar-refractivity contribution >= 4 is 44.4 Å². The SMILES string of the molecule is COc1ccc2nc(N(CC3CCCO3)C(=O)c3ccccc3SC)sc2c1. The van der Waals surface area contributed by atoms with Crippen LogP contribution in [-0.4, -0.2) is 43.5 Å². The van der Waals surface area contributed by atoms with Crippen molar-refractivity contribution in [3.8, 4) is 5.75 Å². The number of hydrogen-bond acceptors (Lipinski definition) is 6. The Morgan fingerprint density at radius 1 is 1.36 bits per heavy atom. The summed E-state index contributed by atoms with van der Waals surface area (Å²) in [4.78, 5) is 21.0. The lowest BCUT2D eigenvalue weighted by atomic mass is 10.1. The Morgan fingerprint density at radius 2 is 2.21 bits per heavy atom. The van der Waals surface area contributed by atoms with Crippen molar-refractivity contribution in [3.63, 3.8) is 0 Å². The number of nitrogens with zero attached hydrogens (tertiary/aromatic N) is 2. The fourth-order valence-corrected chi connectivity index (χ4v) is 4.93. The highest BCUT2D eigenvalue weighted by Gasteiger charge is 2.28. The number of rotatable bonds is 6. The number of methoxy groups -OCH3 is 1. The van der Waals surface area contributed by atoms with Crippen LogP contribution in [-0.2, 0) is 4.74 Å². The second-order valence-corrected chi connectivity index (χ2v) is 8.44. The highest BCUT2D eigenvalue weighted by molar-refractivity contribution is 7.98. The lowest BCUT2D eigenvalue weighted by molar-refractivity contribution is 0.0915. The number of ether oxygens (including phenoxy) is 2. The highest BCUT2D eigenvalue weighted by atomic mass is 32.2. The molecule has 1 atom stereocenters. The van der Waals surface area contributed by atoms with Gasteiger partial charge in [0.05, 0.1) is 35.5 Å². The van der Waals surface area contributed by atoms with Gasteiger partial charge in [-0.3, -0.25) is 9.69 Å². The van der Waals surface area contributed by atoms with E-state index in [0.29, 0.717) is 17.2 Å². The van der Waals surface area contributed by atoms with Gasteiger partial charge >= 0.3 is 0 Å². The van der Waals surface area contributed by atoms with Gasteiger partial charge in [0.15, 0.2) is 5.13 Å². The molecule has 0 radical (unpaired) electrons. The molecule has 0 bridgehead atoms. The standard InChI is InChI=1S/C21H22N2O3S2/c1-25-14-9-10-17-19(12-14)28-21(22-17)23(13-15-6-5-11-26-15)20(24)16-7-3-4-8-18(16)27-2/h3-4,7-10,12,15H,5-6,11,13H2,1-2H3. The first kappa shape index (κ1) is 19.2. The summed E-state index contributed by atoms with van der Waals surface area (Å²) in [7, 11) is 1.65. The summed E-state index contributed by atoms with van der Waals surface area (Å²) >= 11 is 3.08. The number of amides is 1. The Kier molecular flexibility index (Phi) is 5.85. The van der Waals surface area contributed by atoms with Crippen molar-refractivity contribution in [1.82, 2.24) is 4.98 Å². The van der Waals surface area contributed by atoms with Crippen LogP contribution < -0.4 is 9.64 Å². The molecule has 5 nitrogen and oxygen atoms in total. The summed E-state index contributed by atoms with van der Waals surface area (Å²) in [5.74, 6) is 0.749. The van der Waals surface area contributed by atoms with E-state index in [1.165, 1.54) is 11.3 Å². The summed E-state index contributed by atoms with van der Waals surface area (Å²) in [6.45, 7) is 1.27. The molecule has 146 valence electrons. The second-order valence-electron chi connectivity index (χ2n) is 6.58. The van der Waals surface area contributed by atoms with Gasteiger partial charge in [-0.05, 0) is 49.4 Å². The summed E-state index contributed by atoms with van der Waals surface area (Å²) in [5.41, 5.74) is 1.56. The lowest BCUT2D eigenvalue weighted by Crippen LogP contribution is -2.37. The van der Waals surface area contributed by atoms with Crippen LogP contribution in [0.15, 0.2) is 47.4 Å². The molecule has 1 amide bonds. The number of carbonyl (C=O) groups is 1. The van der Waals surface area contributed by atoms with E-state index in [1.807, 2.05) is 48.7 Å². The topological polar surface area (TPSA) is 51.7 Å². The molecular formula is C21H22N2O3S2. The van der Waals surface area contributed by atoms with E-state index >= 15 is 0 Å². The fraction of sp³-hybridized carbons (Fsp3) is 0.333. The zero-order chi connectivity index (χ0) is 19.5. The van der Waals surface area contributed by atoms with Gasteiger partial charge < -0.3 is 9.47 Å². The normalized spacial score (nSPS) is 16.4. The van der Waals surface area contributed by atoms with Gasteiger partial charge in [0.1, 0.15) is 5.75 Å². The van der Waals surface area contributed by atoms with E-state index in [-0.39, 0.29) is 12.0 Å².